The number of benzene rings is 1. The number of ether oxygens (including phenoxy) is 1. The van der Waals surface area contributed by atoms with Crippen LogP contribution in [0.1, 0.15) is 32.8 Å². The topological polar surface area (TPSA) is 105 Å². The van der Waals surface area contributed by atoms with Gasteiger partial charge >= 0.3 is 12.1 Å². The SMILES string of the molecule is CCOC(=O)N[C@@H](CC(C)C)C(=O)N[C@@H](Cc1ccccc1)C(=O)O. The third kappa shape index (κ3) is 7.69. The minimum absolute atomic E-state index is 0.134. The Kier molecular flexibility index (Phi) is 8.46. The summed E-state index contributed by atoms with van der Waals surface area (Å²) in [6.07, 6.45) is -0.156. The second-order valence-electron chi connectivity index (χ2n) is 6.14. The average Bonchev–Trinajstić information content (AvgIpc) is 2.54. The summed E-state index contributed by atoms with van der Waals surface area (Å²) in [7, 11) is 0. The molecule has 2 atom stereocenters. The molecule has 3 N–H and O–H groups in total. The van der Waals surface area contributed by atoms with Crippen LogP contribution in [-0.2, 0) is 20.7 Å². The summed E-state index contributed by atoms with van der Waals surface area (Å²) >= 11 is 0. The van der Waals surface area contributed by atoms with Gasteiger partial charge in [-0.2, -0.15) is 0 Å². The Morgan fingerprint density at radius 2 is 1.72 bits per heavy atom. The Balaban J connectivity index is 2.79. The summed E-state index contributed by atoms with van der Waals surface area (Å²) in [4.78, 5) is 35.6. The Hall–Kier alpha value is -2.57. The maximum absolute atomic E-state index is 12.5. The summed E-state index contributed by atoms with van der Waals surface area (Å²) < 4.78 is 4.81. The van der Waals surface area contributed by atoms with Crippen molar-refractivity contribution in [3.8, 4) is 0 Å². The second kappa shape index (κ2) is 10.3. The zero-order valence-electron chi connectivity index (χ0n) is 14.8. The fourth-order valence-corrected chi connectivity index (χ4v) is 2.34. The first-order valence-electron chi connectivity index (χ1n) is 8.33. The first-order chi connectivity index (χ1) is 11.8. The predicted molar refractivity (Wildman–Crippen MR) is 93.1 cm³/mol. The smallest absolute Gasteiger partial charge is 0.407 e. The Bertz CT molecular complexity index is 574. The summed E-state index contributed by atoms with van der Waals surface area (Å²) in [5, 5.41) is 14.4. The first-order valence-corrected chi connectivity index (χ1v) is 8.33. The molecule has 0 aliphatic carbocycles. The fourth-order valence-electron chi connectivity index (χ4n) is 2.34. The van der Waals surface area contributed by atoms with E-state index in [0.29, 0.717) is 6.42 Å². The minimum Gasteiger partial charge on any atom is -0.480 e. The molecule has 0 aliphatic heterocycles. The highest BCUT2D eigenvalue weighted by atomic mass is 16.5. The third-order valence-electron chi connectivity index (χ3n) is 3.49. The second-order valence-corrected chi connectivity index (χ2v) is 6.14. The fraction of sp³-hybridized carbons (Fsp3) is 0.500. The van der Waals surface area contributed by atoms with Crippen molar-refractivity contribution < 1.29 is 24.2 Å². The van der Waals surface area contributed by atoms with E-state index >= 15 is 0 Å². The lowest BCUT2D eigenvalue weighted by Gasteiger charge is -2.22. The zero-order chi connectivity index (χ0) is 18.8. The normalized spacial score (nSPS) is 13.0. The molecular weight excluding hydrogens is 324 g/mol. The van der Waals surface area contributed by atoms with Gasteiger partial charge in [-0.15, -0.1) is 0 Å². The van der Waals surface area contributed by atoms with Gasteiger partial charge in [0.15, 0.2) is 0 Å². The number of carboxylic acid groups (broad SMARTS) is 1. The molecule has 1 aromatic carbocycles. The number of carboxylic acids is 1. The van der Waals surface area contributed by atoms with Crippen molar-refractivity contribution in [3.05, 3.63) is 35.9 Å². The number of rotatable bonds is 9. The van der Waals surface area contributed by atoms with E-state index in [0.717, 1.165) is 5.56 Å². The van der Waals surface area contributed by atoms with Gasteiger partial charge in [0.2, 0.25) is 5.91 Å². The van der Waals surface area contributed by atoms with Gasteiger partial charge < -0.3 is 20.5 Å². The van der Waals surface area contributed by atoms with E-state index in [1.165, 1.54) is 0 Å². The third-order valence-corrected chi connectivity index (χ3v) is 3.49. The Morgan fingerprint density at radius 3 is 2.24 bits per heavy atom. The van der Waals surface area contributed by atoms with Gasteiger partial charge in [0.05, 0.1) is 6.61 Å². The number of alkyl carbamates (subject to hydrolysis) is 1. The van der Waals surface area contributed by atoms with E-state index in [4.69, 9.17) is 4.74 Å². The number of aliphatic carboxylic acids is 1. The van der Waals surface area contributed by atoms with Crippen LogP contribution in [0, 0.1) is 5.92 Å². The van der Waals surface area contributed by atoms with Crippen LogP contribution in [0.3, 0.4) is 0 Å². The minimum atomic E-state index is -1.13. The first kappa shape index (κ1) is 20.5. The lowest BCUT2D eigenvalue weighted by Crippen LogP contribution is -2.52. The zero-order valence-corrected chi connectivity index (χ0v) is 14.8. The summed E-state index contributed by atoms with van der Waals surface area (Å²) in [5.74, 6) is -1.53. The highest BCUT2D eigenvalue weighted by Crippen LogP contribution is 2.08. The van der Waals surface area contributed by atoms with Crippen molar-refractivity contribution >= 4 is 18.0 Å². The molecule has 25 heavy (non-hydrogen) atoms. The van der Waals surface area contributed by atoms with Crippen LogP contribution in [0.15, 0.2) is 30.3 Å². The maximum atomic E-state index is 12.5. The lowest BCUT2D eigenvalue weighted by atomic mass is 10.0. The van der Waals surface area contributed by atoms with Crippen LogP contribution < -0.4 is 10.6 Å². The highest BCUT2D eigenvalue weighted by molar-refractivity contribution is 5.89. The molecule has 0 unspecified atom stereocenters. The molecule has 138 valence electrons. The average molecular weight is 350 g/mol. The standard InChI is InChI=1S/C18H26N2O5/c1-4-25-18(24)20-14(10-12(2)3)16(21)19-15(17(22)23)11-13-8-6-5-7-9-13/h5-9,12,14-15H,4,10-11H2,1-3H3,(H,19,21)(H,20,24)(H,22,23)/t14-,15-/m0/s1. The number of nitrogens with one attached hydrogen (secondary N) is 2. The van der Waals surface area contributed by atoms with Crippen molar-refractivity contribution in [2.75, 3.05) is 6.61 Å². The van der Waals surface area contributed by atoms with Gasteiger partial charge in [-0.3, -0.25) is 4.79 Å². The molecule has 7 heteroatoms. The van der Waals surface area contributed by atoms with Gasteiger partial charge in [-0.1, -0.05) is 44.2 Å². The molecule has 0 saturated carbocycles. The quantitative estimate of drug-likeness (QED) is 0.631. The molecule has 0 saturated heterocycles. The molecule has 1 rings (SSSR count). The number of hydrogen-bond donors (Lipinski definition) is 3. The van der Waals surface area contributed by atoms with Gasteiger partial charge in [0, 0.05) is 6.42 Å². The number of hydrogen-bond acceptors (Lipinski definition) is 4. The number of carbonyl (C=O) groups is 3. The van der Waals surface area contributed by atoms with E-state index in [2.05, 4.69) is 10.6 Å². The highest BCUT2D eigenvalue weighted by Gasteiger charge is 2.27. The van der Waals surface area contributed by atoms with Crippen molar-refractivity contribution in [2.45, 2.75) is 45.7 Å². The molecule has 2 amide bonds. The van der Waals surface area contributed by atoms with Crippen molar-refractivity contribution in [1.82, 2.24) is 10.6 Å². The van der Waals surface area contributed by atoms with E-state index in [-0.39, 0.29) is 18.9 Å². The molecule has 7 nitrogen and oxygen atoms in total. The van der Waals surface area contributed by atoms with Crippen molar-refractivity contribution in [3.63, 3.8) is 0 Å². The molecular formula is C18H26N2O5. The van der Waals surface area contributed by atoms with Crippen LogP contribution in [-0.4, -0.2) is 41.8 Å². The molecule has 0 aromatic heterocycles. The largest absolute Gasteiger partial charge is 0.480 e. The van der Waals surface area contributed by atoms with E-state index in [1.54, 1.807) is 31.2 Å². The van der Waals surface area contributed by atoms with Crippen molar-refractivity contribution in [2.24, 2.45) is 5.92 Å². The summed E-state index contributed by atoms with van der Waals surface area (Å²) in [5.41, 5.74) is 0.800. The molecule has 0 radical (unpaired) electrons. The molecule has 0 fully saturated rings. The van der Waals surface area contributed by atoms with Gasteiger partial charge in [0.25, 0.3) is 0 Å². The predicted octanol–water partition coefficient (Wildman–Crippen LogP) is 1.96. The number of carbonyl (C=O) groups excluding carboxylic acids is 2. The molecule has 0 bridgehead atoms. The van der Waals surface area contributed by atoms with Crippen LogP contribution in [0.4, 0.5) is 4.79 Å². The van der Waals surface area contributed by atoms with Gasteiger partial charge in [-0.05, 0) is 24.8 Å². The molecule has 1 aromatic rings. The lowest BCUT2D eigenvalue weighted by molar-refractivity contribution is -0.142. The van der Waals surface area contributed by atoms with Crippen LogP contribution in [0.2, 0.25) is 0 Å². The van der Waals surface area contributed by atoms with Gasteiger partial charge in [0.1, 0.15) is 12.1 Å². The van der Waals surface area contributed by atoms with Crippen LogP contribution in [0.5, 0.6) is 0 Å². The monoisotopic (exact) mass is 350 g/mol. The van der Waals surface area contributed by atoms with Crippen molar-refractivity contribution in [1.29, 1.82) is 0 Å². The number of amides is 2. The molecule has 0 heterocycles. The van der Waals surface area contributed by atoms with Crippen LogP contribution in [0.25, 0.3) is 0 Å². The molecule has 0 spiro atoms. The van der Waals surface area contributed by atoms with E-state index < -0.39 is 30.1 Å². The Labute approximate surface area is 147 Å². The van der Waals surface area contributed by atoms with Crippen LogP contribution >= 0.6 is 0 Å². The van der Waals surface area contributed by atoms with Gasteiger partial charge in [-0.25, -0.2) is 9.59 Å². The molecule has 0 aliphatic rings. The van der Waals surface area contributed by atoms with E-state index in [9.17, 15) is 19.5 Å². The van der Waals surface area contributed by atoms with E-state index in [1.807, 2.05) is 19.9 Å². The summed E-state index contributed by atoms with van der Waals surface area (Å²) in [6, 6.07) is 7.11. The Morgan fingerprint density at radius 1 is 1.08 bits per heavy atom. The summed E-state index contributed by atoms with van der Waals surface area (Å²) in [6.45, 7) is 5.67. The maximum Gasteiger partial charge on any atom is 0.407 e.